The van der Waals surface area contributed by atoms with E-state index in [9.17, 15) is 9.59 Å². The summed E-state index contributed by atoms with van der Waals surface area (Å²) < 4.78 is 5.22. The summed E-state index contributed by atoms with van der Waals surface area (Å²) >= 11 is 0. The van der Waals surface area contributed by atoms with Crippen molar-refractivity contribution in [1.82, 2.24) is 9.80 Å². The molecule has 2 saturated heterocycles. The van der Waals surface area contributed by atoms with Crippen LogP contribution in [0.15, 0.2) is 0 Å². The highest BCUT2D eigenvalue weighted by Crippen LogP contribution is 2.17. The van der Waals surface area contributed by atoms with Crippen molar-refractivity contribution in [3.8, 4) is 0 Å². The summed E-state index contributed by atoms with van der Waals surface area (Å²) in [6.07, 6.45) is 0.810. The number of aliphatic carboxylic acids is 1. The molecule has 2 unspecified atom stereocenters. The van der Waals surface area contributed by atoms with Crippen molar-refractivity contribution in [3.05, 3.63) is 0 Å². The van der Waals surface area contributed by atoms with Gasteiger partial charge in [-0.1, -0.05) is 0 Å². The van der Waals surface area contributed by atoms with E-state index < -0.39 is 12.0 Å². The first-order chi connectivity index (χ1) is 8.59. The van der Waals surface area contributed by atoms with Gasteiger partial charge in [0.15, 0.2) is 0 Å². The van der Waals surface area contributed by atoms with Gasteiger partial charge in [-0.25, -0.2) is 0 Å². The molecular formula is C12H20N2O4. The zero-order valence-electron chi connectivity index (χ0n) is 10.7. The van der Waals surface area contributed by atoms with E-state index in [1.54, 1.807) is 6.92 Å². The van der Waals surface area contributed by atoms with Crippen LogP contribution in [-0.2, 0) is 14.3 Å². The van der Waals surface area contributed by atoms with Gasteiger partial charge in [-0.2, -0.15) is 0 Å². The number of hydrogen-bond donors (Lipinski definition) is 1. The fourth-order valence-electron chi connectivity index (χ4n) is 2.47. The lowest BCUT2D eigenvalue weighted by molar-refractivity contribution is -0.144. The Bertz CT molecular complexity index is 320. The van der Waals surface area contributed by atoms with Crippen molar-refractivity contribution in [2.75, 3.05) is 39.4 Å². The SMILES string of the molecule is CC(C(=O)O)N1CCN(C(=O)C2CCOC2)CC1. The molecule has 0 saturated carbocycles. The number of piperazine rings is 1. The van der Waals surface area contributed by atoms with Crippen LogP contribution in [0.4, 0.5) is 0 Å². The Labute approximate surface area is 106 Å². The number of amides is 1. The van der Waals surface area contributed by atoms with E-state index in [4.69, 9.17) is 9.84 Å². The van der Waals surface area contributed by atoms with E-state index in [1.807, 2.05) is 9.80 Å². The Morgan fingerprint density at radius 2 is 1.94 bits per heavy atom. The minimum absolute atomic E-state index is 0.00782. The summed E-state index contributed by atoms with van der Waals surface area (Å²) in [7, 11) is 0. The number of rotatable bonds is 3. The first kappa shape index (κ1) is 13.3. The predicted octanol–water partition coefficient (Wildman–Crippen LogP) is -0.360. The number of hydrogen-bond acceptors (Lipinski definition) is 4. The van der Waals surface area contributed by atoms with Gasteiger partial charge >= 0.3 is 5.97 Å². The number of carboxylic acid groups (broad SMARTS) is 1. The third-order valence-corrected chi connectivity index (χ3v) is 3.81. The van der Waals surface area contributed by atoms with E-state index in [0.717, 1.165) is 6.42 Å². The second-order valence-corrected chi connectivity index (χ2v) is 4.94. The highest BCUT2D eigenvalue weighted by Gasteiger charge is 2.32. The van der Waals surface area contributed by atoms with Gasteiger partial charge in [-0.15, -0.1) is 0 Å². The number of nitrogens with zero attached hydrogens (tertiary/aromatic N) is 2. The van der Waals surface area contributed by atoms with Crippen molar-refractivity contribution in [3.63, 3.8) is 0 Å². The van der Waals surface area contributed by atoms with Crippen LogP contribution in [0.2, 0.25) is 0 Å². The molecule has 18 heavy (non-hydrogen) atoms. The fourth-order valence-corrected chi connectivity index (χ4v) is 2.47. The Morgan fingerprint density at radius 1 is 1.28 bits per heavy atom. The summed E-state index contributed by atoms with van der Waals surface area (Å²) in [5, 5.41) is 8.94. The molecule has 0 aromatic heterocycles. The van der Waals surface area contributed by atoms with E-state index in [1.165, 1.54) is 0 Å². The lowest BCUT2D eigenvalue weighted by Gasteiger charge is -2.37. The van der Waals surface area contributed by atoms with Gasteiger partial charge in [0.25, 0.3) is 0 Å². The number of carbonyl (C=O) groups excluding carboxylic acids is 1. The molecule has 0 bridgehead atoms. The Morgan fingerprint density at radius 3 is 2.44 bits per heavy atom. The minimum Gasteiger partial charge on any atom is -0.480 e. The Kier molecular flexibility index (Phi) is 4.19. The second kappa shape index (κ2) is 5.67. The van der Waals surface area contributed by atoms with Crippen LogP contribution in [0.1, 0.15) is 13.3 Å². The monoisotopic (exact) mass is 256 g/mol. The predicted molar refractivity (Wildman–Crippen MR) is 64.2 cm³/mol. The first-order valence-electron chi connectivity index (χ1n) is 6.43. The van der Waals surface area contributed by atoms with Crippen LogP contribution < -0.4 is 0 Å². The van der Waals surface area contributed by atoms with Crippen molar-refractivity contribution in [2.24, 2.45) is 5.92 Å². The summed E-state index contributed by atoms with van der Waals surface area (Å²) in [6.45, 7) is 5.39. The van der Waals surface area contributed by atoms with Crippen LogP contribution in [0.25, 0.3) is 0 Å². The molecule has 2 fully saturated rings. The Hall–Kier alpha value is -1.14. The maximum absolute atomic E-state index is 12.1. The van der Waals surface area contributed by atoms with E-state index in [-0.39, 0.29) is 11.8 Å². The topological polar surface area (TPSA) is 70.1 Å². The second-order valence-electron chi connectivity index (χ2n) is 4.94. The van der Waals surface area contributed by atoms with Gasteiger partial charge in [0.05, 0.1) is 12.5 Å². The summed E-state index contributed by atoms with van der Waals surface area (Å²) in [5.74, 6) is -0.637. The molecule has 0 spiro atoms. The van der Waals surface area contributed by atoms with E-state index in [2.05, 4.69) is 0 Å². The molecule has 2 aliphatic rings. The molecule has 0 radical (unpaired) electrons. The quantitative estimate of drug-likeness (QED) is 0.747. The van der Waals surface area contributed by atoms with Gasteiger partial charge in [0.2, 0.25) is 5.91 Å². The van der Waals surface area contributed by atoms with Crippen LogP contribution >= 0.6 is 0 Å². The first-order valence-corrected chi connectivity index (χ1v) is 6.43. The van der Waals surface area contributed by atoms with Crippen molar-refractivity contribution < 1.29 is 19.4 Å². The number of carboxylic acids is 1. The average molecular weight is 256 g/mol. The van der Waals surface area contributed by atoms with Crippen molar-refractivity contribution >= 4 is 11.9 Å². The molecule has 1 amide bonds. The van der Waals surface area contributed by atoms with Gasteiger partial charge in [-0.3, -0.25) is 14.5 Å². The normalized spacial score (nSPS) is 27.2. The Balaban J connectivity index is 1.82. The molecule has 0 aromatic carbocycles. The van der Waals surface area contributed by atoms with E-state index >= 15 is 0 Å². The summed E-state index contributed by atoms with van der Waals surface area (Å²) in [4.78, 5) is 26.7. The molecule has 0 aliphatic carbocycles. The van der Waals surface area contributed by atoms with E-state index in [0.29, 0.717) is 39.4 Å². The molecule has 1 N–H and O–H groups in total. The molecule has 2 heterocycles. The molecule has 0 aromatic rings. The summed E-state index contributed by atoms with van der Waals surface area (Å²) in [5.41, 5.74) is 0. The highest BCUT2D eigenvalue weighted by molar-refractivity contribution is 5.79. The minimum atomic E-state index is -0.807. The van der Waals surface area contributed by atoms with Crippen LogP contribution in [0, 0.1) is 5.92 Å². The smallest absolute Gasteiger partial charge is 0.320 e. The zero-order chi connectivity index (χ0) is 13.1. The maximum atomic E-state index is 12.1. The van der Waals surface area contributed by atoms with Crippen LogP contribution in [0.5, 0.6) is 0 Å². The zero-order valence-corrected chi connectivity index (χ0v) is 10.7. The molecule has 6 heteroatoms. The fraction of sp³-hybridized carbons (Fsp3) is 0.833. The third kappa shape index (κ3) is 2.81. The highest BCUT2D eigenvalue weighted by atomic mass is 16.5. The van der Waals surface area contributed by atoms with Gasteiger partial charge in [-0.05, 0) is 13.3 Å². The standard InChI is InChI=1S/C12H20N2O4/c1-9(12(16)17)13-3-5-14(6-4-13)11(15)10-2-7-18-8-10/h9-10H,2-8H2,1H3,(H,16,17). The largest absolute Gasteiger partial charge is 0.480 e. The third-order valence-electron chi connectivity index (χ3n) is 3.81. The molecule has 6 nitrogen and oxygen atoms in total. The lowest BCUT2D eigenvalue weighted by atomic mass is 10.1. The maximum Gasteiger partial charge on any atom is 0.320 e. The van der Waals surface area contributed by atoms with Gasteiger partial charge < -0.3 is 14.7 Å². The molecule has 102 valence electrons. The number of ether oxygens (including phenoxy) is 1. The van der Waals surface area contributed by atoms with Crippen LogP contribution in [-0.4, -0.2) is 72.2 Å². The summed E-state index contributed by atoms with van der Waals surface area (Å²) in [6, 6.07) is -0.475. The molecule has 2 atom stereocenters. The molecule has 2 rings (SSSR count). The van der Waals surface area contributed by atoms with Crippen molar-refractivity contribution in [1.29, 1.82) is 0 Å². The lowest BCUT2D eigenvalue weighted by Crippen LogP contribution is -2.54. The average Bonchev–Trinajstić information content (AvgIpc) is 2.91. The molecular weight excluding hydrogens is 236 g/mol. The van der Waals surface area contributed by atoms with Gasteiger partial charge in [0, 0.05) is 32.8 Å². The van der Waals surface area contributed by atoms with Gasteiger partial charge in [0.1, 0.15) is 6.04 Å². The van der Waals surface area contributed by atoms with Crippen LogP contribution in [0.3, 0.4) is 0 Å². The van der Waals surface area contributed by atoms with Crippen molar-refractivity contribution in [2.45, 2.75) is 19.4 Å². The number of carbonyl (C=O) groups is 2. The molecule has 2 aliphatic heterocycles.